The quantitative estimate of drug-likeness (QED) is 0.710. The predicted octanol–water partition coefficient (Wildman–Crippen LogP) is 1.83. The molecule has 0 bridgehead atoms. The zero-order chi connectivity index (χ0) is 22.4. The van der Waals surface area contributed by atoms with Crippen LogP contribution in [0.1, 0.15) is 38.3 Å². The summed E-state index contributed by atoms with van der Waals surface area (Å²) in [5.74, 6) is -1.49. The van der Waals surface area contributed by atoms with E-state index in [4.69, 9.17) is 0 Å². The van der Waals surface area contributed by atoms with Crippen LogP contribution in [-0.2, 0) is 11.3 Å². The Kier molecular flexibility index (Phi) is 5.18. The van der Waals surface area contributed by atoms with E-state index < -0.39 is 23.8 Å². The van der Waals surface area contributed by atoms with Gasteiger partial charge in [-0.1, -0.05) is 6.07 Å². The molecule has 166 valence electrons. The molecule has 3 aliphatic heterocycles. The van der Waals surface area contributed by atoms with Crippen molar-refractivity contribution in [1.82, 2.24) is 20.2 Å². The molecule has 2 fully saturated rings. The fraction of sp³-hybridized carbons (Fsp3) is 0.364. The highest BCUT2D eigenvalue weighted by molar-refractivity contribution is 7.08. The monoisotopic (exact) mass is 453 g/mol. The number of urea groups is 1. The lowest BCUT2D eigenvalue weighted by Gasteiger charge is -2.36. The number of carbonyl (C=O) groups is 4. The van der Waals surface area contributed by atoms with Crippen molar-refractivity contribution >= 4 is 40.8 Å². The van der Waals surface area contributed by atoms with E-state index in [9.17, 15) is 19.2 Å². The minimum absolute atomic E-state index is 0.00310. The molecular weight excluding hydrogens is 430 g/mol. The highest BCUT2D eigenvalue weighted by atomic mass is 32.1. The molecule has 1 aromatic heterocycles. The van der Waals surface area contributed by atoms with Gasteiger partial charge in [0.25, 0.3) is 11.8 Å². The summed E-state index contributed by atoms with van der Waals surface area (Å²) < 4.78 is 0. The maximum Gasteiger partial charge on any atom is 0.343 e. The molecule has 1 N–H and O–H groups in total. The molecule has 0 radical (unpaired) electrons. The second-order valence-electron chi connectivity index (χ2n) is 8.23. The highest BCUT2D eigenvalue weighted by Gasteiger charge is 2.43. The summed E-state index contributed by atoms with van der Waals surface area (Å²) in [7, 11) is 0. The topological polar surface area (TPSA) is 93.3 Å². The van der Waals surface area contributed by atoms with Crippen molar-refractivity contribution in [1.29, 1.82) is 0 Å². The fourth-order valence-corrected chi connectivity index (χ4v) is 5.28. The van der Waals surface area contributed by atoms with E-state index in [1.54, 1.807) is 23.5 Å². The number of hydrogen-bond acceptors (Lipinski definition) is 7. The molecule has 0 unspecified atom stereocenters. The Hall–Kier alpha value is -3.24. The van der Waals surface area contributed by atoms with Crippen molar-refractivity contribution in [2.75, 3.05) is 37.6 Å². The zero-order valence-corrected chi connectivity index (χ0v) is 18.5. The minimum Gasteiger partial charge on any atom is -0.368 e. The maximum absolute atomic E-state index is 13.0. The third-order valence-electron chi connectivity index (χ3n) is 6.15. The smallest absolute Gasteiger partial charge is 0.343 e. The van der Waals surface area contributed by atoms with Crippen LogP contribution in [0.2, 0.25) is 0 Å². The normalized spacial score (nSPS) is 19.6. The summed E-state index contributed by atoms with van der Waals surface area (Å²) in [6, 6.07) is 4.51. The summed E-state index contributed by atoms with van der Waals surface area (Å²) >= 11 is 1.72. The molecule has 5 rings (SSSR count). The summed E-state index contributed by atoms with van der Waals surface area (Å²) in [6.07, 6.45) is 0.0429. The lowest BCUT2D eigenvalue weighted by Crippen LogP contribution is -2.58. The molecule has 0 aliphatic carbocycles. The van der Waals surface area contributed by atoms with E-state index in [1.807, 2.05) is 6.07 Å². The van der Waals surface area contributed by atoms with Gasteiger partial charge in [-0.15, -0.1) is 11.3 Å². The Bertz CT molecular complexity index is 1120. The van der Waals surface area contributed by atoms with Gasteiger partial charge in [0.1, 0.15) is 0 Å². The third kappa shape index (κ3) is 3.55. The number of anilines is 1. The van der Waals surface area contributed by atoms with Gasteiger partial charge in [-0.2, -0.15) is 5.01 Å². The van der Waals surface area contributed by atoms with Crippen LogP contribution < -0.4 is 10.2 Å². The lowest BCUT2D eigenvalue weighted by molar-refractivity contribution is -0.122. The van der Waals surface area contributed by atoms with Crippen molar-refractivity contribution in [3.05, 3.63) is 51.2 Å². The standard InChI is InChI=1S/C22H23N5O4S/c1-14-12-32-13-18(14)25-8-6-24(7-9-25)11-15-2-3-16-17(10-15)21(30)27(20(16)29)26-5-4-19(28)23-22(26)31/h2-3,10,12-13H,4-9,11H2,1H3,(H,23,28,31). The van der Waals surface area contributed by atoms with E-state index in [2.05, 4.69) is 32.8 Å². The van der Waals surface area contributed by atoms with Crippen molar-refractivity contribution in [3.63, 3.8) is 0 Å². The second-order valence-corrected chi connectivity index (χ2v) is 8.98. The third-order valence-corrected chi connectivity index (χ3v) is 7.00. The first-order chi connectivity index (χ1) is 15.4. The number of thiophene rings is 1. The van der Waals surface area contributed by atoms with Crippen LogP contribution in [-0.4, -0.2) is 71.4 Å². The molecule has 32 heavy (non-hydrogen) atoms. The fourth-order valence-electron chi connectivity index (χ4n) is 4.42. The molecule has 2 aromatic rings. The first-order valence-electron chi connectivity index (χ1n) is 10.6. The molecule has 0 spiro atoms. The number of aryl methyl sites for hydroxylation is 1. The number of rotatable bonds is 4. The first kappa shape index (κ1) is 20.7. The molecule has 1 aromatic carbocycles. The number of amides is 5. The van der Waals surface area contributed by atoms with Gasteiger partial charge < -0.3 is 4.90 Å². The Balaban J connectivity index is 1.27. The van der Waals surface area contributed by atoms with Crippen molar-refractivity contribution < 1.29 is 19.2 Å². The van der Waals surface area contributed by atoms with Gasteiger partial charge in [-0.05, 0) is 35.6 Å². The van der Waals surface area contributed by atoms with Gasteiger partial charge >= 0.3 is 6.03 Å². The average molecular weight is 454 g/mol. The molecule has 10 heteroatoms. The Morgan fingerprint density at radius 2 is 1.69 bits per heavy atom. The number of hydrogen-bond donors (Lipinski definition) is 1. The molecule has 2 saturated heterocycles. The molecule has 4 heterocycles. The zero-order valence-electron chi connectivity index (χ0n) is 17.7. The summed E-state index contributed by atoms with van der Waals surface area (Å²) in [4.78, 5) is 54.0. The molecular formula is C22H23N5O4S. The predicted molar refractivity (Wildman–Crippen MR) is 118 cm³/mol. The second kappa shape index (κ2) is 8.03. The first-order valence-corrected chi connectivity index (χ1v) is 11.5. The van der Waals surface area contributed by atoms with Crippen LogP contribution in [0.25, 0.3) is 0 Å². The average Bonchev–Trinajstić information content (AvgIpc) is 3.30. The molecule has 0 atom stereocenters. The van der Waals surface area contributed by atoms with E-state index in [0.717, 1.165) is 41.8 Å². The van der Waals surface area contributed by atoms with Crippen LogP contribution in [0.3, 0.4) is 0 Å². The van der Waals surface area contributed by atoms with Crippen LogP contribution in [0.4, 0.5) is 10.5 Å². The van der Waals surface area contributed by atoms with Gasteiger partial charge in [-0.25, -0.2) is 9.80 Å². The maximum atomic E-state index is 13.0. The van der Waals surface area contributed by atoms with Crippen LogP contribution in [0, 0.1) is 6.92 Å². The SMILES string of the molecule is Cc1cscc1N1CCN(Cc2ccc3c(c2)C(=O)N(N2CCC(=O)NC2=O)C3=O)CC1. The highest BCUT2D eigenvalue weighted by Crippen LogP contribution is 2.28. The number of piperazine rings is 1. The summed E-state index contributed by atoms with van der Waals surface area (Å²) in [5.41, 5.74) is 4.14. The minimum atomic E-state index is -0.755. The van der Waals surface area contributed by atoms with Crippen molar-refractivity contribution in [3.8, 4) is 0 Å². The van der Waals surface area contributed by atoms with Gasteiger partial charge in [-0.3, -0.25) is 24.6 Å². The Labute approximate surface area is 189 Å². The van der Waals surface area contributed by atoms with Crippen LogP contribution in [0.15, 0.2) is 29.0 Å². The summed E-state index contributed by atoms with van der Waals surface area (Å²) in [6.45, 7) is 6.52. The van der Waals surface area contributed by atoms with E-state index in [0.29, 0.717) is 12.1 Å². The Morgan fingerprint density at radius 1 is 0.938 bits per heavy atom. The van der Waals surface area contributed by atoms with E-state index >= 15 is 0 Å². The number of fused-ring (bicyclic) bond motifs is 1. The number of imide groups is 2. The number of carbonyl (C=O) groups excluding carboxylic acids is 4. The van der Waals surface area contributed by atoms with Crippen LogP contribution in [0.5, 0.6) is 0 Å². The molecule has 3 aliphatic rings. The Morgan fingerprint density at radius 3 is 2.38 bits per heavy atom. The molecule has 5 amide bonds. The van der Waals surface area contributed by atoms with Crippen molar-refractivity contribution in [2.24, 2.45) is 0 Å². The van der Waals surface area contributed by atoms with Crippen LogP contribution >= 0.6 is 11.3 Å². The largest absolute Gasteiger partial charge is 0.368 e. The van der Waals surface area contributed by atoms with E-state index in [-0.39, 0.29) is 18.5 Å². The van der Waals surface area contributed by atoms with Gasteiger partial charge in [0.2, 0.25) is 5.91 Å². The number of nitrogens with zero attached hydrogens (tertiary/aromatic N) is 4. The van der Waals surface area contributed by atoms with Gasteiger partial charge in [0.15, 0.2) is 0 Å². The van der Waals surface area contributed by atoms with Gasteiger partial charge in [0.05, 0.1) is 23.4 Å². The molecule has 0 saturated carbocycles. The summed E-state index contributed by atoms with van der Waals surface area (Å²) in [5, 5.41) is 8.36. The molecule has 9 nitrogen and oxygen atoms in total. The number of benzene rings is 1. The van der Waals surface area contributed by atoms with Crippen molar-refractivity contribution in [2.45, 2.75) is 19.9 Å². The number of hydrazine groups is 1. The van der Waals surface area contributed by atoms with Gasteiger partial charge in [0, 0.05) is 44.5 Å². The lowest BCUT2D eigenvalue weighted by atomic mass is 10.1. The number of nitrogens with one attached hydrogen (secondary N) is 1. The van der Waals surface area contributed by atoms with E-state index in [1.165, 1.54) is 11.3 Å².